The van der Waals surface area contributed by atoms with Crippen LogP contribution in [0, 0.1) is 0 Å². The van der Waals surface area contributed by atoms with Crippen molar-refractivity contribution in [2.45, 2.75) is 13.8 Å². The highest BCUT2D eigenvalue weighted by Gasteiger charge is 2.07. The van der Waals surface area contributed by atoms with Crippen LogP contribution < -0.4 is 5.32 Å². The van der Waals surface area contributed by atoms with Crippen LogP contribution in [0.4, 0.5) is 5.95 Å². The summed E-state index contributed by atoms with van der Waals surface area (Å²) in [6.07, 6.45) is 1.57. The molecule has 0 saturated heterocycles. The average molecular weight is 259 g/mol. The molecule has 0 atom stereocenters. The van der Waals surface area contributed by atoms with Gasteiger partial charge in [0.05, 0.1) is 4.48 Å². The largest absolute Gasteiger partial charge is 0.356 e. The van der Waals surface area contributed by atoms with E-state index in [1.54, 1.807) is 17.9 Å². The molecular weight excluding hydrogens is 244 g/mol. The zero-order valence-electron chi connectivity index (χ0n) is 8.71. The highest BCUT2D eigenvalue weighted by molar-refractivity contribution is 9.15. The molecule has 0 aliphatic carbocycles. The zero-order valence-corrected chi connectivity index (χ0v) is 10.3. The first kappa shape index (κ1) is 12.9. The number of rotatable bonds is 3. The Balaban J connectivity index is 0.000000791. The van der Waals surface area contributed by atoms with Gasteiger partial charge in [-0.15, -0.1) is 5.10 Å². The van der Waals surface area contributed by atoms with Crippen LogP contribution in [0.5, 0.6) is 0 Å². The molecule has 0 aliphatic rings. The number of halogens is 1. The molecule has 5 heteroatoms. The first-order chi connectivity index (χ1) is 6.69. The second-order valence-corrected chi connectivity index (χ2v) is 3.00. The van der Waals surface area contributed by atoms with Gasteiger partial charge in [0.2, 0.25) is 5.95 Å². The number of anilines is 1. The van der Waals surface area contributed by atoms with Gasteiger partial charge in [0.15, 0.2) is 5.82 Å². The number of hydrogen-bond donors (Lipinski definition) is 1. The molecule has 0 radical (unpaired) electrons. The van der Waals surface area contributed by atoms with Gasteiger partial charge in [-0.1, -0.05) is 27.0 Å². The molecular formula is C9H15BrN4. The fourth-order valence-electron chi connectivity index (χ4n) is 0.741. The molecule has 0 fully saturated rings. The molecule has 78 valence electrons. The number of nitrogens with zero attached hydrogens (tertiary/aromatic N) is 3. The minimum Gasteiger partial charge on any atom is -0.356 e. The van der Waals surface area contributed by atoms with Crippen molar-refractivity contribution < 1.29 is 0 Å². The predicted molar refractivity (Wildman–Crippen MR) is 65.3 cm³/mol. The highest BCUT2D eigenvalue weighted by Crippen LogP contribution is 2.17. The maximum atomic E-state index is 4.12. The molecule has 1 aromatic rings. The molecule has 4 nitrogen and oxygen atoms in total. The first-order valence-corrected chi connectivity index (χ1v) is 5.10. The zero-order chi connectivity index (χ0) is 11.1. The van der Waals surface area contributed by atoms with Crippen molar-refractivity contribution in [1.82, 2.24) is 14.8 Å². The van der Waals surface area contributed by atoms with Crippen LogP contribution in [0.3, 0.4) is 0 Å². The van der Waals surface area contributed by atoms with Crippen LogP contribution in [0.15, 0.2) is 13.2 Å². The maximum Gasteiger partial charge on any atom is 0.242 e. The summed E-state index contributed by atoms with van der Waals surface area (Å²) in [5, 5.41) is 6.88. The van der Waals surface area contributed by atoms with E-state index in [1.807, 2.05) is 13.8 Å². The molecule has 0 aromatic carbocycles. The van der Waals surface area contributed by atoms with Gasteiger partial charge < -0.3 is 5.32 Å². The van der Waals surface area contributed by atoms with Crippen LogP contribution in [0.2, 0.25) is 0 Å². The Morgan fingerprint density at radius 1 is 1.57 bits per heavy atom. The van der Waals surface area contributed by atoms with E-state index in [1.165, 1.54) is 0 Å². The molecule has 0 spiro atoms. The predicted octanol–water partition coefficient (Wildman–Crippen LogP) is 2.81. The normalized spacial score (nSPS) is 8.57. The van der Waals surface area contributed by atoms with E-state index < -0.39 is 0 Å². The van der Waals surface area contributed by atoms with Crippen molar-refractivity contribution in [3.63, 3.8) is 0 Å². The molecule has 1 rings (SSSR count). The van der Waals surface area contributed by atoms with Crippen molar-refractivity contribution in [3.8, 4) is 0 Å². The lowest BCUT2D eigenvalue weighted by Gasteiger charge is -1.93. The Bertz CT molecular complexity index is 317. The Kier molecular flexibility index (Phi) is 5.87. The lowest BCUT2D eigenvalue weighted by atomic mass is 10.6. The number of nitrogens with one attached hydrogen (secondary N) is 1. The summed E-state index contributed by atoms with van der Waals surface area (Å²) in [6.45, 7) is 11.3. The Morgan fingerprint density at radius 2 is 2.14 bits per heavy atom. The Hall–Kier alpha value is -1.10. The molecule has 14 heavy (non-hydrogen) atoms. The van der Waals surface area contributed by atoms with Crippen LogP contribution in [-0.4, -0.2) is 21.8 Å². The summed E-state index contributed by atoms with van der Waals surface area (Å²) < 4.78 is 2.22. The van der Waals surface area contributed by atoms with E-state index in [-0.39, 0.29) is 0 Å². The van der Waals surface area contributed by atoms with Crippen LogP contribution in [0.25, 0.3) is 10.7 Å². The molecule has 1 aromatic heterocycles. The second kappa shape index (κ2) is 6.37. The fraction of sp³-hybridized carbons (Fsp3) is 0.333. The van der Waals surface area contributed by atoms with Crippen LogP contribution in [0.1, 0.15) is 19.7 Å². The molecule has 0 saturated carbocycles. The molecule has 0 unspecified atom stereocenters. The topological polar surface area (TPSA) is 42.7 Å². The second-order valence-electron chi connectivity index (χ2n) is 2.04. The van der Waals surface area contributed by atoms with Crippen LogP contribution in [-0.2, 0) is 0 Å². The molecule has 0 aliphatic heterocycles. The van der Waals surface area contributed by atoms with Gasteiger partial charge in [-0.2, -0.15) is 4.98 Å². The summed E-state index contributed by atoms with van der Waals surface area (Å²) >= 11 is 3.22. The van der Waals surface area contributed by atoms with Crippen molar-refractivity contribution in [1.29, 1.82) is 0 Å². The van der Waals surface area contributed by atoms with Gasteiger partial charge in [-0.05, 0) is 15.9 Å². The van der Waals surface area contributed by atoms with Gasteiger partial charge in [0, 0.05) is 13.2 Å². The average Bonchev–Trinajstić information content (AvgIpc) is 2.64. The summed E-state index contributed by atoms with van der Waals surface area (Å²) in [4.78, 5) is 4.12. The number of aromatic nitrogens is 3. The molecule has 1 N–H and O–H groups in total. The lowest BCUT2D eigenvalue weighted by molar-refractivity contribution is 0.925. The van der Waals surface area contributed by atoms with Gasteiger partial charge in [-0.3, -0.25) is 0 Å². The minimum atomic E-state index is 0.547. The summed E-state index contributed by atoms with van der Waals surface area (Å²) in [5.74, 6) is 1.19. The van der Waals surface area contributed by atoms with Gasteiger partial charge in [0.25, 0.3) is 0 Å². The van der Waals surface area contributed by atoms with Crippen LogP contribution >= 0.6 is 15.9 Å². The number of hydrogen-bond acceptors (Lipinski definition) is 3. The third-order valence-electron chi connectivity index (χ3n) is 1.27. The smallest absolute Gasteiger partial charge is 0.242 e. The maximum absolute atomic E-state index is 4.12. The van der Waals surface area contributed by atoms with Crippen molar-refractivity contribution >= 4 is 32.6 Å². The van der Waals surface area contributed by atoms with Crippen molar-refractivity contribution in [2.24, 2.45) is 0 Å². The summed E-state index contributed by atoms with van der Waals surface area (Å²) in [5.41, 5.74) is 0. The highest BCUT2D eigenvalue weighted by atomic mass is 79.9. The summed E-state index contributed by atoms with van der Waals surface area (Å²) in [6, 6.07) is 0. The Labute approximate surface area is 92.9 Å². The van der Waals surface area contributed by atoms with E-state index in [4.69, 9.17) is 0 Å². The van der Waals surface area contributed by atoms with E-state index in [9.17, 15) is 0 Å². The monoisotopic (exact) mass is 258 g/mol. The fourth-order valence-corrected chi connectivity index (χ4v) is 1.01. The third-order valence-corrected chi connectivity index (χ3v) is 1.63. The molecule has 1 heterocycles. The van der Waals surface area contributed by atoms with Crippen molar-refractivity contribution in [3.05, 3.63) is 19.0 Å². The SMILES string of the molecule is C=Cn1nc(NC)nc1C(=C)Br.CC. The van der Waals surface area contributed by atoms with E-state index in [0.717, 1.165) is 0 Å². The van der Waals surface area contributed by atoms with E-state index >= 15 is 0 Å². The van der Waals surface area contributed by atoms with E-state index in [0.29, 0.717) is 16.3 Å². The van der Waals surface area contributed by atoms with Gasteiger partial charge >= 0.3 is 0 Å². The van der Waals surface area contributed by atoms with Gasteiger partial charge in [-0.25, -0.2) is 4.68 Å². The quantitative estimate of drug-likeness (QED) is 0.907. The van der Waals surface area contributed by atoms with Gasteiger partial charge in [0.1, 0.15) is 0 Å². The van der Waals surface area contributed by atoms with E-state index in [2.05, 4.69) is 44.5 Å². The standard InChI is InChI=1S/C7H9BrN4.C2H6/c1-4-12-6(5(2)8)10-7(9-3)11-12;1-2/h4H,1-2H2,3H3,(H,9,11);1-2H3. The lowest BCUT2D eigenvalue weighted by Crippen LogP contribution is -1.93. The first-order valence-electron chi connectivity index (χ1n) is 4.30. The molecule has 0 bridgehead atoms. The van der Waals surface area contributed by atoms with Crippen molar-refractivity contribution in [2.75, 3.05) is 12.4 Å². The Morgan fingerprint density at radius 3 is 2.43 bits per heavy atom. The molecule has 0 amide bonds. The minimum absolute atomic E-state index is 0.547. The summed E-state index contributed by atoms with van der Waals surface area (Å²) in [7, 11) is 1.75. The third kappa shape index (κ3) is 2.99.